The van der Waals surface area contributed by atoms with Gasteiger partial charge in [0.25, 0.3) is 0 Å². The van der Waals surface area contributed by atoms with Crippen LogP contribution in [0.15, 0.2) is 54.6 Å². The van der Waals surface area contributed by atoms with Crippen LogP contribution in [-0.2, 0) is 22.6 Å². The Labute approximate surface area is 148 Å². The molecule has 4 nitrogen and oxygen atoms in total. The normalized spacial score (nSPS) is 10.7. The second-order valence-electron chi connectivity index (χ2n) is 6.22. The standard InChI is InChI=1S/C21H22N2O2/c1-15-8-7-9-18(12-15)14-25-21(24)13-20-16(2)22-23(17(20)3)19-10-5-4-6-11-19/h4-12H,13-14H2,1-3H3. The Morgan fingerprint density at radius 1 is 1.04 bits per heavy atom. The van der Waals surface area contributed by atoms with Gasteiger partial charge in [0.1, 0.15) is 6.61 Å². The van der Waals surface area contributed by atoms with Crippen molar-refractivity contribution in [3.05, 3.63) is 82.7 Å². The highest BCUT2D eigenvalue weighted by molar-refractivity contribution is 5.73. The van der Waals surface area contributed by atoms with Gasteiger partial charge in [-0.05, 0) is 38.5 Å². The van der Waals surface area contributed by atoms with Crippen LogP contribution in [0.25, 0.3) is 5.69 Å². The molecule has 1 aromatic heterocycles. The monoisotopic (exact) mass is 334 g/mol. The van der Waals surface area contributed by atoms with E-state index < -0.39 is 0 Å². The molecule has 128 valence electrons. The van der Waals surface area contributed by atoms with Crippen molar-refractivity contribution in [2.24, 2.45) is 0 Å². The first-order valence-electron chi connectivity index (χ1n) is 8.36. The molecule has 0 amide bonds. The third kappa shape index (κ3) is 3.97. The van der Waals surface area contributed by atoms with E-state index in [0.29, 0.717) is 6.61 Å². The predicted molar refractivity (Wildman–Crippen MR) is 97.7 cm³/mol. The fourth-order valence-corrected chi connectivity index (χ4v) is 2.91. The van der Waals surface area contributed by atoms with Gasteiger partial charge < -0.3 is 4.74 Å². The van der Waals surface area contributed by atoms with E-state index in [1.54, 1.807) is 0 Å². The van der Waals surface area contributed by atoms with Gasteiger partial charge in [-0.25, -0.2) is 4.68 Å². The lowest BCUT2D eigenvalue weighted by atomic mass is 10.1. The highest BCUT2D eigenvalue weighted by Crippen LogP contribution is 2.19. The molecule has 3 aromatic rings. The molecule has 0 saturated carbocycles. The number of hydrogen-bond donors (Lipinski definition) is 0. The smallest absolute Gasteiger partial charge is 0.310 e. The molecule has 0 fully saturated rings. The summed E-state index contributed by atoms with van der Waals surface area (Å²) in [6, 6.07) is 17.9. The van der Waals surface area contributed by atoms with Crippen LogP contribution in [-0.4, -0.2) is 15.7 Å². The Morgan fingerprint density at radius 2 is 1.80 bits per heavy atom. The lowest BCUT2D eigenvalue weighted by Crippen LogP contribution is -2.09. The van der Waals surface area contributed by atoms with Crippen LogP contribution >= 0.6 is 0 Å². The fraction of sp³-hybridized carbons (Fsp3) is 0.238. The summed E-state index contributed by atoms with van der Waals surface area (Å²) < 4.78 is 7.31. The maximum Gasteiger partial charge on any atom is 0.310 e. The molecule has 0 N–H and O–H groups in total. The first-order valence-corrected chi connectivity index (χ1v) is 8.36. The number of aromatic nitrogens is 2. The van der Waals surface area contributed by atoms with E-state index in [0.717, 1.165) is 33.8 Å². The highest BCUT2D eigenvalue weighted by atomic mass is 16.5. The zero-order chi connectivity index (χ0) is 17.8. The van der Waals surface area contributed by atoms with E-state index >= 15 is 0 Å². The zero-order valence-electron chi connectivity index (χ0n) is 14.8. The second-order valence-corrected chi connectivity index (χ2v) is 6.22. The minimum absolute atomic E-state index is 0.232. The molecule has 1 heterocycles. The average Bonchev–Trinajstić information content (AvgIpc) is 2.89. The predicted octanol–water partition coefficient (Wildman–Crippen LogP) is 4.08. The molecule has 0 aliphatic rings. The van der Waals surface area contributed by atoms with Crippen molar-refractivity contribution in [3.63, 3.8) is 0 Å². The van der Waals surface area contributed by atoms with Crippen LogP contribution in [0, 0.1) is 20.8 Å². The third-order valence-corrected chi connectivity index (χ3v) is 4.25. The molecule has 0 aliphatic heterocycles. The van der Waals surface area contributed by atoms with Crippen LogP contribution in [0.3, 0.4) is 0 Å². The van der Waals surface area contributed by atoms with Crippen molar-refractivity contribution in [2.75, 3.05) is 0 Å². The number of nitrogens with zero attached hydrogens (tertiary/aromatic N) is 2. The van der Waals surface area contributed by atoms with Crippen molar-refractivity contribution in [2.45, 2.75) is 33.8 Å². The number of hydrogen-bond acceptors (Lipinski definition) is 3. The van der Waals surface area contributed by atoms with E-state index in [1.165, 1.54) is 0 Å². The minimum atomic E-state index is -0.236. The van der Waals surface area contributed by atoms with Crippen molar-refractivity contribution < 1.29 is 9.53 Å². The van der Waals surface area contributed by atoms with Crippen molar-refractivity contribution >= 4 is 5.97 Å². The molecule has 0 radical (unpaired) electrons. The summed E-state index contributed by atoms with van der Waals surface area (Å²) in [6.07, 6.45) is 0.232. The number of rotatable bonds is 5. The number of carbonyl (C=O) groups excluding carboxylic acids is 1. The quantitative estimate of drug-likeness (QED) is 0.660. The van der Waals surface area contributed by atoms with Crippen LogP contribution < -0.4 is 0 Å². The SMILES string of the molecule is Cc1cccc(COC(=O)Cc2c(C)nn(-c3ccccc3)c2C)c1. The van der Waals surface area contributed by atoms with Gasteiger partial charge in [-0.1, -0.05) is 48.0 Å². The summed E-state index contributed by atoms with van der Waals surface area (Å²) in [5.41, 5.74) is 5.90. The first-order chi connectivity index (χ1) is 12.0. The van der Waals surface area contributed by atoms with Gasteiger partial charge in [0.2, 0.25) is 0 Å². The number of para-hydroxylation sites is 1. The molecule has 4 heteroatoms. The van der Waals surface area contributed by atoms with Gasteiger partial charge >= 0.3 is 5.97 Å². The summed E-state index contributed by atoms with van der Waals surface area (Å²) in [6.45, 7) is 6.23. The third-order valence-electron chi connectivity index (χ3n) is 4.25. The van der Waals surface area contributed by atoms with Crippen LogP contribution in [0.1, 0.15) is 28.1 Å². The van der Waals surface area contributed by atoms with Gasteiger partial charge in [-0.3, -0.25) is 4.79 Å². The largest absolute Gasteiger partial charge is 0.461 e. The summed E-state index contributed by atoms with van der Waals surface area (Å²) in [7, 11) is 0. The van der Waals surface area contributed by atoms with Crippen LogP contribution in [0.5, 0.6) is 0 Å². The summed E-state index contributed by atoms with van der Waals surface area (Å²) in [5, 5.41) is 4.57. The van der Waals surface area contributed by atoms with Gasteiger partial charge in [-0.15, -0.1) is 0 Å². The Bertz CT molecular complexity index is 882. The fourth-order valence-electron chi connectivity index (χ4n) is 2.91. The lowest BCUT2D eigenvalue weighted by Gasteiger charge is -2.07. The number of benzene rings is 2. The summed E-state index contributed by atoms with van der Waals surface area (Å²) >= 11 is 0. The molecule has 2 aromatic carbocycles. The number of esters is 1. The molecule has 25 heavy (non-hydrogen) atoms. The van der Waals surface area contributed by atoms with E-state index in [-0.39, 0.29) is 12.4 Å². The maximum absolute atomic E-state index is 12.3. The maximum atomic E-state index is 12.3. The Balaban J connectivity index is 1.70. The van der Waals surface area contributed by atoms with Gasteiger partial charge in [0.05, 0.1) is 17.8 Å². The van der Waals surface area contributed by atoms with Crippen molar-refractivity contribution in [3.8, 4) is 5.69 Å². The van der Waals surface area contributed by atoms with Crippen molar-refractivity contribution in [1.29, 1.82) is 0 Å². The summed E-state index contributed by atoms with van der Waals surface area (Å²) in [4.78, 5) is 12.3. The molecule has 0 bridgehead atoms. The Hall–Kier alpha value is -2.88. The molecule has 0 aliphatic carbocycles. The van der Waals surface area contributed by atoms with E-state index in [1.807, 2.05) is 80.1 Å². The lowest BCUT2D eigenvalue weighted by molar-refractivity contribution is -0.144. The summed E-state index contributed by atoms with van der Waals surface area (Å²) in [5.74, 6) is -0.236. The highest BCUT2D eigenvalue weighted by Gasteiger charge is 2.16. The molecule has 0 atom stereocenters. The molecule has 0 spiro atoms. The molecule has 0 saturated heterocycles. The molecular formula is C21H22N2O2. The average molecular weight is 334 g/mol. The van der Waals surface area contributed by atoms with Gasteiger partial charge in [-0.2, -0.15) is 5.10 Å². The van der Waals surface area contributed by atoms with Crippen molar-refractivity contribution in [1.82, 2.24) is 9.78 Å². The second kappa shape index (κ2) is 7.34. The van der Waals surface area contributed by atoms with E-state index in [2.05, 4.69) is 5.10 Å². The van der Waals surface area contributed by atoms with Gasteiger partial charge in [0.15, 0.2) is 0 Å². The number of aryl methyl sites for hydroxylation is 2. The zero-order valence-corrected chi connectivity index (χ0v) is 14.8. The topological polar surface area (TPSA) is 44.1 Å². The number of carbonyl (C=O) groups is 1. The first kappa shape index (κ1) is 17.0. The Morgan fingerprint density at radius 3 is 2.52 bits per heavy atom. The number of ether oxygens (including phenoxy) is 1. The Kier molecular flexibility index (Phi) is 4.98. The van der Waals surface area contributed by atoms with E-state index in [4.69, 9.17) is 4.74 Å². The molecular weight excluding hydrogens is 312 g/mol. The van der Waals surface area contributed by atoms with Crippen LogP contribution in [0.4, 0.5) is 0 Å². The van der Waals surface area contributed by atoms with E-state index in [9.17, 15) is 4.79 Å². The molecule has 3 rings (SSSR count). The molecule has 0 unspecified atom stereocenters. The van der Waals surface area contributed by atoms with Gasteiger partial charge in [0, 0.05) is 11.3 Å². The van der Waals surface area contributed by atoms with Crippen LogP contribution in [0.2, 0.25) is 0 Å². The minimum Gasteiger partial charge on any atom is -0.461 e.